The van der Waals surface area contributed by atoms with Crippen molar-refractivity contribution < 1.29 is 18.7 Å². The summed E-state index contributed by atoms with van der Waals surface area (Å²) in [6.07, 6.45) is 0.272. The predicted molar refractivity (Wildman–Crippen MR) is 91.6 cm³/mol. The number of nitrogens with zero attached hydrogens (tertiary/aromatic N) is 2. The molecule has 1 aliphatic heterocycles. The average molecular weight is 362 g/mol. The van der Waals surface area contributed by atoms with E-state index in [0.29, 0.717) is 24.2 Å². The molecule has 1 aromatic heterocycles. The number of benzene rings is 1. The van der Waals surface area contributed by atoms with Gasteiger partial charge in [0.1, 0.15) is 11.5 Å². The molecule has 3 rings (SSSR count). The van der Waals surface area contributed by atoms with Crippen LogP contribution in [0.5, 0.6) is 0 Å². The number of likely N-dealkylation sites (tertiary alicyclic amines) is 1. The molecule has 2 aromatic rings. The molecular formula is C18H19FN2O3S. The molecule has 1 aliphatic rings. The number of carbonyl (C=O) groups is 2. The van der Waals surface area contributed by atoms with Gasteiger partial charge in [0.15, 0.2) is 0 Å². The molecule has 132 valence electrons. The molecule has 0 saturated carbocycles. The largest absolute Gasteiger partial charge is 0.463 e. The summed E-state index contributed by atoms with van der Waals surface area (Å²) in [6, 6.07) is 5.42. The number of amides is 1. The second-order valence-electron chi connectivity index (χ2n) is 6.25. The molecule has 1 saturated heterocycles. The van der Waals surface area contributed by atoms with E-state index < -0.39 is 12.0 Å². The number of esters is 1. The molecule has 1 fully saturated rings. The highest BCUT2D eigenvalue weighted by Crippen LogP contribution is 2.39. The van der Waals surface area contributed by atoms with Crippen LogP contribution in [-0.2, 0) is 9.53 Å². The summed E-state index contributed by atoms with van der Waals surface area (Å²) >= 11 is 1.34. The molecule has 1 aromatic carbocycles. The first-order valence-electron chi connectivity index (χ1n) is 8.12. The lowest BCUT2D eigenvalue weighted by atomic mass is 9.93. The van der Waals surface area contributed by atoms with Gasteiger partial charge in [0.05, 0.1) is 23.6 Å². The number of rotatable bonds is 4. The lowest BCUT2D eigenvalue weighted by Gasteiger charge is -2.28. The summed E-state index contributed by atoms with van der Waals surface area (Å²) in [5.41, 5.74) is 2.67. The van der Waals surface area contributed by atoms with Gasteiger partial charge in [-0.2, -0.15) is 0 Å². The Morgan fingerprint density at radius 3 is 2.64 bits per heavy atom. The van der Waals surface area contributed by atoms with Crippen molar-refractivity contribution in [2.45, 2.75) is 32.4 Å². The Labute approximate surface area is 149 Å². The second-order valence-corrected chi connectivity index (χ2v) is 6.97. The number of ether oxygens (including phenoxy) is 1. The van der Waals surface area contributed by atoms with Gasteiger partial charge in [-0.25, -0.2) is 9.37 Å². The minimum Gasteiger partial charge on any atom is -0.463 e. The van der Waals surface area contributed by atoms with Crippen LogP contribution in [0.4, 0.5) is 4.39 Å². The average Bonchev–Trinajstić information content (AvgIpc) is 3.24. The number of halogens is 1. The highest BCUT2D eigenvalue weighted by atomic mass is 32.1. The maximum atomic E-state index is 13.3. The van der Waals surface area contributed by atoms with E-state index in [4.69, 9.17) is 4.74 Å². The summed E-state index contributed by atoms with van der Waals surface area (Å²) in [7, 11) is 0. The summed E-state index contributed by atoms with van der Waals surface area (Å²) in [5, 5.41) is 1.68. The Morgan fingerprint density at radius 2 is 2.04 bits per heavy atom. The van der Waals surface area contributed by atoms with Gasteiger partial charge in [0.2, 0.25) is 0 Å². The fourth-order valence-electron chi connectivity index (χ4n) is 3.12. The highest BCUT2D eigenvalue weighted by Gasteiger charge is 2.43. The van der Waals surface area contributed by atoms with Crippen molar-refractivity contribution in [1.29, 1.82) is 0 Å². The van der Waals surface area contributed by atoms with E-state index in [0.717, 1.165) is 0 Å². The Morgan fingerprint density at radius 1 is 1.32 bits per heavy atom. The van der Waals surface area contributed by atoms with Crippen molar-refractivity contribution in [1.82, 2.24) is 9.88 Å². The summed E-state index contributed by atoms with van der Waals surface area (Å²) in [5.74, 6) is -1.40. The van der Waals surface area contributed by atoms with E-state index in [2.05, 4.69) is 4.98 Å². The zero-order valence-electron chi connectivity index (χ0n) is 14.0. The van der Waals surface area contributed by atoms with Crippen LogP contribution >= 0.6 is 11.3 Å². The zero-order valence-corrected chi connectivity index (χ0v) is 14.8. The third-order valence-corrected chi connectivity index (χ3v) is 4.76. The Kier molecular flexibility index (Phi) is 5.13. The summed E-state index contributed by atoms with van der Waals surface area (Å²) in [6.45, 7) is 4.01. The van der Waals surface area contributed by atoms with Gasteiger partial charge < -0.3 is 9.64 Å². The van der Waals surface area contributed by atoms with E-state index in [1.165, 1.54) is 23.5 Å². The monoisotopic (exact) mass is 362 g/mol. The van der Waals surface area contributed by atoms with Crippen LogP contribution in [-0.4, -0.2) is 34.4 Å². The molecule has 0 bridgehead atoms. The number of thiazole rings is 1. The number of hydrogen-bond donors (Lipinski definition) is 0. The topological polar surface area (TPSA) is 59.5 Å². The van der Waals surface area contributed by atoms with Gasteiger partial charge in [-0.3, -0.25) is 9.59 Å². The van der Waals surface area contributed by atoms with Gasteiger partial charge in [-0.05, 0) is 38.0 Å². The van der Waals surface area contributed by atoms with Crippen LogP contribution in [0.2, 0.25) is 0 Å². The maximum absolute atomic E-state index is 13.3. The van der Waals surface area contributed by atoms with Crippen molar-refractivity contribution in [3.63, 3.8) is 0 Å². The maximum Gasteiger partial charge on any atom is 0.311 e. The zero-order chi connectivity index (χ0) is 18.0. The molecule has 2 atom stereocenters. The van der Waals surface area contributed by atoms with Crippen molar-refractivity contribution in [3.05, 3.63) is 52.2 Å². The van der Waals surface area contributed by atoms with Gasteiger partial charge in [-0.1, -0.05) is 12.1 Å². The number of hydrogen-bond acceptors (Lipinski definition) is 5. The SMILES string of the molecule is CC(C)OC(=O)[C@@H]1CCN(C(=O)c2cscn2)[C@@H]1c1ccc(F)cc1. The quantitative estimate of drug-likeness (QED) is 0.782. The van der Waals surface area contributed by atoms with E-state index in [9.17, 15) is 14.0 Å². The van der Waals surface area contributed by atoms with Crippen molar-refractivity contribution in [2.75, 3.05) is 6.54 Å². The van der Waals surface area contributed by atoms with Crippen LogP contribution in [0, 0.1) is 11.7 Å². The highest BCUT2D eigenvalue weighted by molar-refractivity contribution is 7.07. The molecule has 1 amide bonds. The van der Waals surface area contributed by atoms with Crippen molar-refractivity contribution >= 4 is 23.2 Å². The predicted octanol–water partition coefficient (Wildman–Crippen LogP) is 3.44. The van der Waals surface area contributed by atoms with Gasteiger partial charge in [0, 0.05) is 11.9 Å². The van der Waals surface area contributed by atoms with E-state index in [1.807, 2.05) is 0 Å². The summed E-state index contributed by atoms with van der Waals surface area (Å²) in [4.78, 5) is 31.0. The smallest absolute Gasteiger partial charge is 0.311 e. The molecule has 0 spiro atoms. The number of carbonyl (C=O) groups excluding carboxylic acids is 2. The Hall–Kier alpha value is -2.28. The second kappa shape index (κ2) is 7.31. The van der Waals surface area contributed by atoms with E-state index >= 15 is 0 Å². The van der Waals surface area contributed by atoms with Crippen LogP contribution in [0.25, 0.3) is 0 Å². The van der Waals surface area contributed by atoms with Gasteiger partial charge in [-0.15, -0.1) is 11.3 Å². The lowest BCUT2D eigenvalue weighted by Crippen LogP contribution is -2.34. The standard InChI is InChI=1S/C18H19FN2O3S/c1-11(2)24-18(23)14-7-8-21(17(22)15-9-25-10-20-15)16(14)12-3-5-13(19)6-4-12/h3-6,9-11,14,16H,7-8H2,1-2H3/t14-,16-/m1/s1. The van der Waals surface area contributed by atoms with Gasteiger partial charge in [0.25, 0.3) is 5.91 Å². The molecule has 0 aliphatic carbocycles. The van der Waals surface area contributed by atoms with Crippen LogP contribution in [0.15, 0.2) is 35.2 Å². The molecule has 0 N–H and O–H groups in total. The Balaban J connectivity index is 1.93. The molecule has 5 nitrogen and oxygen atoms in total. The van der Waals surface area contributed by atoms with Crippen LogP contribution in [0.1, 0.15) is 42.4 Å². The molecule has 0 radical (unpaired) electrons. The Bertz CT molecular complexity index is 746. The minimum atomic E-state index is -0.485. The molecule has 0 unspecified atom stereocenters. The molecular weight excluding hydrogens is 343 g/mol. The first-order chi connectivity index (χ1) is 12.0. The third-order valence-electron chi connectivity index (χ3n) is 4.18. The van der Waals surface area contributed by atoms with Crippen LogP contribution < -0.4 is 0 Å². The van der Waals surface area contributed by atoms with Gasteiger partial charge >= 0.3 is 5.97 Å². The molecule has 25 heavy (non-hydrogen) atoms. The lowest BCUT2D eigenvalue weighted by molar-refractivity contribution is -0.153. The minimum absolute atomic E-state index is 0.226. The fraction of sp³-hybridized carbons (Fsp3) is 0.389. The first kappa shape index (κ1) is 17.5. The first-order valence-corrected chi connectivity index (χ1v) is 9.06. The molecule has 7 heteroatoms. The fourth-order valence-corrected chi connectivity index (χ4v) is 3.65. The third kappa shape index (κ3) is 3.71. The van der Waals surface area contributed by atoms with Crippen molar-refractivity contribution in [3.8, 4) is 0 Å². The normalized spacial score (nSPS) is 20.1. The van der Waals surface area contributed by atoms with Crippen LogP contribution in [0.3, 0.4) is 0 Å². The van der Waals surface area contributed by atoms with E-state index in [1.54, 1.807) is 41.8 Å². The van der Waals surface area contributed by atoms with E-state index in [-0.39, 0.29) is 23.8 Å². The molecule has 2 heterocycles. The number of aromatic nitrogens is 1. The summed E-state index contributed by atoms with van der Waals surface area (Å²) < 4.78 is 18.7. The van der Waals surface area contributed by atoms with Crippen molar-refractivity contribution in [2.24, 2.45) is 5.92 Å².